The predicted molar refractivity (Wildman–Crippen MR) is 67.7 cm³/mol. The predicted octanol–water partition coefficient (Wildman–Crippen LogP) is 1.45. The number of imide groups is 1. The van der Waals surface area contributed by atoms with Crippen molar-refractivity contribution in [3.05, 3.63) is 28.8 Å². The van der Waals surface area contributed by atoms with Gasteiger partial charge in [-0.2, -0.15) is 0 Å². The van der Waals surface area contributed by atoms with E-state index in [9.17, 15) is 14.7 Å². The van der Waals surface area contributed by atoms with Gasteiger partial charge in [0, 0.05) is 0 Å². The summed E-state index contributed by atoms with van der Waals surface area (Å²) < 4.78 is 0. The zero-order valence-electron chi connectivity index (χ0n) is 9.98. The molecule has 0 radical (unpaired) electrons. The van der Waals surface area contributed by atoms with E-state index in [0.717, 1.165) is 10.5 Å². The van der Waals surface area contributed by atoms with Crippen molar-refractivity contribution >= 4 is 29.2 Å². The summed E-state index contributed by atoms with van der Waals surface area (Å²) >= 11 is 6.03. The van der Waals surface area contributed by atoms with Gasteiger partial charge in [0.1, 0.15) is 6.04 Å². The third kappa shape index (κ3) is 1.95. The number of rotatable bonds is 2. The first kappa shape index (κ1) is 12.9. The molecular formula is C12H13ClN2O3. The van der Waals surface area contributed by atoms with E-state index in [2.05, 4.69) is 5.32 Å². The lowest BCUT2D eigenvalue weighted by molar-refractivity contribution is -0.120. The summed E-state index contributed by atoms with van der Waals surface area (Å²) in [5, 5.41) is 12.2. The third-order valence-corrected chi connectivity index (χ3v) is 3.17. The smallest absolute Gasteiger partial charge is 0.329 e. The van der Waals surface area contributed by atoms with Crippen molar-refractivity contribution < 1.29 is 14.7 Å². The minimum atomic E-state index is -0.950. The molecule has 2 rings (SSSR count). The number of aryl methyl sites for hydroxylation is 1. The fraction of sp³-hybridized carbons (Fsp3) is 0.333. The maximum absolute atomic E-state index is 12.1. The lowest BCUT2D eigenvalue weighted by Gasteiger charge is -2.17. The number of halogens is 1. The summed E-state index contributed by atoms with van der Waals surface area (Å²) in [4.78, 5) is 24.9. The Labute approximate surface area is 109 Å². The molecule has 2 unspecified atom stereocenters. The minimum Gasteiger partial charge on any atom is -0.391 e. The highest BCUT2D eigenvalue weighted by Crippen LogP contribution is 2.31. The van der Waals surface area contributed by atoms with Gasteiger partial charge in [-0.15, -0.1) is 0 Å². The fourth-order valence-electron chi connectivity index (χ4n) is 1.94. The monoisotopic (exact) mass is 268 g/mol. The van der Waals surface area contributed by atoms with Gasteiger partial charge in [-0.25, -0.2) is 9.69 Å². The molecule has 1 saturated heterocycles. The van der Waals surface area contributed by atoms with E-state index >= 15 is 0 Å². The highest BCUT2D eigenvalue weighted by molar-refractivity contribution is 6.36. The van der Waals surface area contributed by atoms with Crippen LogP contribution >= 0.6 is 11.6 Å². The molecule has 96 valence electrons. The van der Waals surface area contributed by atoms with Crippen LogP contribution in [-0.4, -0.2) is 29.2 Å². The third-order valence-electron chi connectivity index (χ3n) is 2.86. The maximum Gasteiger partial charge on any atom is 0.329 e. The first-order valence-electron chi connectivity index (χ1n) is 5.51. The molecular weight excluding hydrogens is 256 g/mol. The summed E-state index contributed by atoms with van der Waals surface area (Å²) in [5.41, 5.74) is 1.09. The van der Waals surface area contributed by atoms with Crippen molar-refractivity contribution in [1.29, 1.82) is 0 Å². The molecule has 1 aliphatic rings. The molecule has 1 heterocycles. The van der Waals surface area contributed by atoms with Crippen LogP contribution in [0, 0.1) is 6.92 Å². The minimum absolute atomic E-state index is 0.324. The number of amides is 3. The molecule has 5 nitrogen and oxygen atoms in total. The Morgan fingerprint density at radius 3 is 2.61 bits per heavy atom. The van der Waals surface area contributed by atoms with Crippen LogP contribution in [0.25, 0.3) is 0 Å². The Morgan fingerprint density at radius 2 is 2.11 bits per heavy atom. The van der Waals surface area contributed by atoms with Gasteiger partial charge in [0.15, 0.2) is 0 Å². The fourth-order valence-corrected chi connectivity index (χ4v) is 2.25. The van der Waals surface area contributed by atoms with Crippen molar-refractivity contribution in [2.75, 3.05) is 4.90 Å². The molecule has 0 aliphatic carbocycles. The van der Waals surface area contributed by atoms with Crippen molar-refractivity contribution in [2.24, 2.45) is 0 Å². The molecule has 2 atom stereocenters. The number of hydrogen-bond donors (Lipinski definition) is 2. The highest BCUT2D eigenvalue weighted by Gasteiger charge is 2.42. The van der Waals surface area contributed by atoms with Crippen molar-refractivity contribution in [1.82, 2.24) is 5.32 Å². The number of nitrogens with one attached hydrogen (secondary N) is 1. The van der Waals surface area contributed by atoms with Gasteiger partial charge >= 0.3 is 6.03 Å². The molecule has 0 spiro atoms. The number of urea groups is 1. The second kappa shape index (κ2) is 4.59. The van der Waals surface area contributed by atoms with Crippen molar-refractivity contribution in [2.45, 2.75) is 26.0 Å². The van der Waals surface area contributed by atoms with Crippen LogP contribution in [0.2, 0.25) is 5.02 Å². The van der Waals surface area contributed by atoms with E-state index in [0.29, 0.717) is 10.7 Å². The average Bonchev–Trinajstić information content (AvgIpc) is 2.56. The normalized spacial score (nSPS) is 21.1. The Balaban J connectivity index is 2.46. The molecule has 0 bridgehead atoms. The van der Waals surface area contributed by atoms with Gasteiger partial charge in [-0.05, 0) is 25.5 Å². The zero-order valence-corrected chi connectivity index (χ0v) is 10.7. The number of benzene rings is 1. The molecule has 1 aliphatic heterocycles. The van der Waals surface area contributed by atoms with Crippen LogP contribution < -0.4 is 10.2 Å². The zero-order chi connectivity index (χ0) is 13.4. The van der Waals surface area contributed by atoms with Crippen LogP contribution in [0.3, 0.4) is 0 Å². The molecule has 0 saturated carbocycles. The topological polar surface area (TPSA) is 69.6 Å². The number of para-hydroxylation sites is 1. The summed E-state index contributed by atoms with van der Waals surface area (Å²) in [6, 6.07) is 3.62. The molecule has 1 aromatic carbocycles. The van der Waals surface area contributed by atoms with Gasteiger partial charge in [0.05, 0.1) is 16.8 Å². The van der Waals surface area contributed by atoms with Crippen LogP contribution in [0.4, 0.5) is 10.5 Å². The van der Waals surface area contributed by atoms with Crippen molar-refractivity contribution in [3.63, 3.8) is 0 Å². The lowest BCUT2D eigenvalue weighted by Crippen LogP contribution is -2.39. The number of carbonyl (C=O) groups excluding carboxylic acids is 2. The summed E-state index contributed by atoms with van der Waals surface area (Å²) in [6.45, 7) is 3.21. The van der Waals surface area contributed by atoms with Gasteiger partial charge in [0.25, 0.3) is 5.91 Å². The number of anilines is 1. The van der Waals surface area contributed by atoms with Gasteiger partial charge in [-0.3, -0.25) is 4.79 Å². The lowest BCUT2D eigenvalue weighted by atomic mass is 10.1. The molecule has 0 aromatic heterocycles. The number of aliphatic hydroxyl groups excluding tert-OH is 1. The van der Waals surface area contributed by atoms with E-state index in [1.165, 1.54) is 6.92 Å². The largest absolute Gasteiger partial charge is 0.391 e. The van der Waals surface area contributed by atoms with E-state index in [1.54, 1.807) is 25.1 Å². The molecule has 6 heteroatoms. The van der Waals surface area contributed by atoms with E-state index in [4.69, 9.17) is 11.6 Å². The number of hydrogen-bond acceptors (Lipinski definition) is 3. The van der Waals surface area contributed by atoms with Gasteiger partial charge < -0.3 is 10.4 Å². The van der Waals surface area contributed by atoms with Crippen LogP contribution in [-0.2, 0) is 4.79 Å². The van der Waals surface area contributed by atoms with Gasteiger partial charge in [0.2, 0.25) is 0 Å². The molecule has 2 N–H and O–H groups in total. The Bertz CT molecular complexity index is 496. The first-order chi connectivity index (χ1) is 8.43. The van der Waals surface area contributed by atoms with Crippen LogP contribution in [0.15, 0.2) is 18.2 Å². The Morgan fingerprint density at radius 1 is 1.44 bits per heavy atom. The summed E-state index contributed by atoms with van der Waals surface area (Å²) in [5.74, 6) is -0.494. The first-order valence-corrected chi connectivity index (χ1v) is 5.89. The summed E-state index contributed by atoms with van der Waals surface area (Å²) in [7, 11) is 0. The van der Waals surface area contributed by atoms with Gasteiger partial charge in [-0.1, -0.05) is 23.7 Å². The Kier molecular flexibility index (Phi) is 3.28. The van der Waals surface area contributed by atoms with Crippen LogP contribution in [0.5, 0.6) is 0 Å². The van der Waals surface area contributed by atoms with E-state index in [-0.39, 0.29) is 0 Å². The molecule has 3 amide bonds. The number of carbonyl (C=O) groups is 2. The second-order valence-corrected chi connectivity index (χ2v) is 4.65. The number of nitrogens with zero attached hydrogens (tertiary/aromatic N) is 1. The van der Waals surface area contributed by atoms with Crippen LogP contribution in [0.1, 0.15) is 12.5 Å². The standard InChI is InChI=1S/C12H13ClN2O3/c1-6-4-3-5-8(13)10(6)15-11(17)9(7(2)16)14-12(15)18/h3-5,7,9,16H,1-2H3,(H,14,18). The number of aliphatic hydroxyl groups is 1. The van der Waals surface area contributed by atoms with E-state index in [1.807, 2.05) is 0 Å². The average molecular weight is 269 g/mol. The maximum atomic E-state index is 12.1. The van der Waals surface area contributed by atoms with Crippen molar-refractivity contribution in [3.8, 4) is 0 Å². The highest BCUT2D eigenvalue weighted by atomic mass is 35.5. The Hall–Kier alpha value is -1.59. The molecule has 1 fully saturated rings. The SMILES string of the molecule is Cc1cccc(Cl)c1N1C(=O)NC(C(C)O)C1=O. The molecule has 1 aromatic rings. The molecule has 18 heavy (non-hydrogen) atoms. The quantitative estimate of drug-likeness (QED) is 0.798. The summed E-state index contributed by atoms with van der Waals surface area (Å²) in [6.07, 6.45) is -0.950. The second-order valence-electron chi connectivity index (χ2n) is 4.25. The van der Waals surface area contributed by atoms with E-state index < -0.39 is 24.1 Å².